The van der Waals surface area contributed by atoms with E-state index in [1.54, 1.807) is 6.92 Å². The second-order valence-electron chi connectivity index (χ2n) is 7.81. The molecule has 132 valence electrons. The third-order valence-electron chi connectivity index (χ3n) is 4.84. The number of aryl methyl sites for hydroxylation is 1. The largest absolute Gasteiger partial charge is 0.341 e. The highest BCUT2D eigenvalue weighted by Gasteiger charge is 2.21. The zero-order valence-electron chi connectivity index (χ0n) is 15.7. The highest BCUT2D eigenvalue weighted by molar-refractivity contribution is 5.79. The van der Waals surface area contributed by atoms with E-state index >= 15 is 0 Å². The second kappa shape index (κ2) is 7.37. The standard InChI is InChI=1S/C20H30N2O2/c1-15-13-18(20(3,4)5)8-7-17(15)14-19(24)22-10-6-9-21(11-12-22)16(2)23/h7-8,13H,6,9-12,14H2,1-5H3. The van der Waals surface area contributed by atoms with Crippen molar-refractivity contribution in [3.63, 3.8) is 0 Å². The normalized spacial score (nSPS) is 16.0. The van der Waals surface area contributed by atoms with Gasteiger partial charge in [-0.15, -0.1) is 0 Å². The smallest absolute Gasteiger partial charge is 0.227 e. The number of hydrogen-bond acceptors (Lipinski definition) is 2. The molecule has 0 saturated carbocycles. The SMILES string of the molecule is CC(=O)N1CCCN(C(=O)Cc2ccc(C(C)(C)C)cc2C)CC1. The zero-order chi connectivity index (χ0) is 17.9. The number of amides is 2. The Labute approximate surface area is 145 Å². The monoisotopic (exact) mass is 330 g/mol. The minimum Gasteiger partial charge on any atom is -0.341 e. The number of hydrogen-bond donors (Lipinski definition) is 0. The number of rotatable bonds is 2. The van der Waals surface area contributed by atoms with Gasteiger partial charge in [-0.1, -0.05) is 39.0 Å². The van der Waals surface area contributed by atoms with Crippen LogP contribution in [0.3, 0.4) is 0 Å². The Bertz CT molecular complexity index is 617. The lowest BCUT2D eigenvalue weighted by Crippen LogP contribution is -2.37. The van der Waals surface area contributed by atoms with Crippen molar-refractivity contribution in [3.8, 4) is 0 Å². The molecule has 0 aliphatic carbocycles. The fourth-order valence-corrected chi connectivity index (χ4v) is 3.12. The van der Waals surface area contributed by atoms with Crippen molar-refractivity contribution < 1.29 is 9.59 Å². The Morgan fingerprint density at radius 3 is 2.25 bits per heavy atom. The van der Waals surface area contributed by atoms with Gasteiger partial charge in [0.15, 0.2) is 0 Å². The van der Waals surface area contributed by atoms with Crippen LogP contribution < -0.4 is 0 Å². The first-order chi connectivity index (χ1) is 11.2. The first-order valence-corrected chi connectivity index (χ1v) is 8.82. The average molecular weight is 330 g/mol. The fourth-order valence-electron chi connectivity index (χ4n) is 3.12. The van der Waals surface area contributed by atoms with Crippen LogP contribution >= 0.6 is 0 Å². The summed E-state index contributed by atoms with van der Waals surface area (Å²) in [5.41, 5.74) is 3.69. The summed E-state index contributed by atoms with van der Waals surface area (Å²) in [6, 6.07) is 6.42. The van der Waals surface area contributed by atoms with Gasteiger partial charge in [-0.2, -0.15) is 0 Å². The molecule has 4 nitrogen and oxygen atoms in total. The molecule has 1 fully saturated rings. The van der Waals surface area contributed by atoms with Crippen LogP contribution in [0.25, 0.3) is 0 Å². The lowest BCUT2D eigenvalue weighted by Gasteiger charge is -2.23. The van der Waals surface area contributed by atoms with Gasteiger partial charge in [0.05, 0.1) is 6.42 Å². The summed E-state index contributed by atoms with van der Waals surface area (Å²) in [6.45, 7) is 13.0. The first kappa shape index (κ1) is 18.5. The summed E-state index contributed by atoms with van der Waals surface area (Å²) < 4.78 is 0. The maximum absolute atomic E-state index is 12.7. The zero-order valence-corrected chi connectivity index (χ0v) is 15.7. The van der Waals surface area contributed by atoms with Gasteiger partial charge in [0, 0.05) is 33.1 Å². The van der Waals surface area contributed by atoms with E-state index < -0.39 is 0 Å². The Kier molecular flexibility index (Phi) is 5.68. The molecule has 0 radical (unpaired) electrons. The number of carbonyl (C=O) groups is 2. The van der Waals surface area contributed by atoms with Crippen LogP contribution in [0.1, 0.15) is 50.8 Å². The summed E-state index contributed by atoms with van der Waals surface area (Å²) in [5, 5.41) is 0. The molecule has 4 heteroatoms. The molecule has 2 rings (SSSR count). The van der Waals surface area contributed by atoms with Crippen LogP contribution in [0.15, 0.2) is 18.2 Å². The van der Waals surface area contributed by atoms with Crippen LogP contribution in [0.2, 0.25) is 0 Å². The van der Waals surface area contributed by atoms with Crippen LogP contribution in [0.4, 0.5) is 0 Å². The second-order valence-corrected chi connectivity index (χ2v) is 7.81. The van der Waals surface area contributed by atoms with E-state index in [-0.39, 0.29) is 17.2 Å². The molecule has 1 aromatic rings. The first-order valence-electron chi connectivity index (χ1n) is 8.82. The Balaban J connectivity index is 2.03. The fraction of sp³-hybridized carbons (Fsp3) is 0.600. The molecular formula is C20H30N2O2. The molecule has 1 aliphatic heterocycles. The van der Waals surface area contributed by atoms with Crippen molar-refractivity contribution in [2.45, 2.75) is 52.9 Å². The van der Waals surface area contributed by atoms with Crippen molar-refractivity contribution in [1.29, 1.82) is 0 Å². The van der Waals surface area contributed by atoms with E-state index in [2.05, 4.69) is 45.9 Å². The minimum atomic E-state index is 0.0953. The molecule has 1 aromatic carbocycles. The van der Waals surface area contributed by atoms with Gasteiger partial charge < -0.3 is 9.80 Å². The van der Waals surface area contributed by atoms with Gasteiger partial charge in [0.2, 0.25) is 11.8 Å². The molecule has 1 saturated heterocycles. The molecule has 2 amide bonds. The maximum atomic E-state index is 12.7. The van der Waals surface area contributed by atoms with Crippen molar-refractivity contribution >= 4 is 11.8 Å². The lowest BCUT2D eigenvalue weighted by molar-refractivity contribution is -0.132. The van der Waals surface area contributed by atoms with Crippen molar-refractivity contribution in [2.24, 2.45) is 0 Å². The molecule has 0 unspecified atom stereocenters. The average Bonchev–Trinajstić information content (AvgIpc) is 2.74. The third-order valence-corrected chi connectivity index (χ3v) is 4.84. The van der Waals surface area contributed by atoms with Crippen LogP contribution in [-0.2, 0) is 21.4 Å². The summed E-state index contributed by atoms with van der Waals surface area (Å²) in [4.78, 5) is 27.9. The quantitative estimate of drug-likeness (QED) is 0.836. The Hall–Kier alpha value is -1.84. The maximum Gasteiger partial charge on any atom is 0.227 e. The highest BCUT2D eigenvalue weighted by atomic mass is 16.2. The Morgan fingerprint density at radius 1 is 1.04 bits per heavy atom. The number of benzene rings is 1. The van der Waals surface area contributed by atoms with Gasteiger partial charge in [0.25, 0.3) is 0 Å². The molecule has 24 heavy (non-hydrogen) atoms. The van der Waals surface area contributed by atoms with Gasteiger partial charge in [0.1, 0.15) is 0 Å². The molecule has 0 aromatic heterocycles. The molecule has 1 aliphatic rings. The predicted molar refractivity (Wildman–Crippen MR) is 97.0 cm³/mol. The molecule has 0 spiro atoms. The van der Waals surface area contributed by atoms with Crippen molar-refractivity contribution in [1.82, 2.24) is 9.80 Å². The van der Waals surface area contributed by atoms with E-state index in [1.807, 2.05) is 9.80 Å². The van der Waals surface area contributed by atoms with E-state index in [9.17, 15) is 9.59 Å². The number of nitrogens with zero attached hydrogens (tertiary/aromatic N) is 2. The molecule has 0 bridgehead atoms. The van der Waals surface area contributed by atoms with E-state index in [4.69, 9.17) is 0 Å². The van der Waals surface area contributed by atoms with Crippen LogP contribution in [-0.4, -0.2) is 47.8 Å². The summed E-state index contributed by atoms with van der Waals surface area (Å²) in [7, 11) is 0. The van der Waals surface area contributed by atoms with Gasteiger partial charge >= 0.3 is 0 Å². The predicted octanol–water partition coefficient (Wildman–Crippen LogP) is 2.92. The molecular weight excluding hydrogens is 300 g/mol. The van der Waals surface area contributed by atoms with E-state index in [1.165, 1.54) is 11.1 Å². The highest BCUT2D eigenvalue weighted by Crippen LogP contribution is 2.24. The van der Waals surface area contributed by atoms with E-state index in [0.717, 1.165) is 25.1 Å². The Morgan fingerprint density at radius 2 is 1.67 bits per heavy atom. The molecule has 0 N–H and O–H groups in total. The van der Waals surface area contributed by atoms with Crippen molar-refractivity contribution in [3.05, 3.63) is 34.9 Å². The third kappa shape index (κ3) is 4.59. The van der Waals surface area contributed by atoms with Gasteiger partial charge in [-0.25, -0.2) is 0 Å². The summed E-state index contributed by atoms with van der Waals surface area (Å²) >= 11 is 0. The minimum absolute atomic E-state index is 0.0953. The lowest BCUT2D eigenvalue weighted by atomic mass is 9.85. The van der Waals surface area contributed by atoms with E-state index in [0.29, 0.717) is 19.5 Å². The van der Waals surface area contributed by atoms with Crippen molar-refractivity contribution in [2.75, 3.05) is 26.2 Å². The van der Waals surface area contributed by atoms with Crippen LogP contribution in [0, 0.1) is 6.92 Å². The molecule has 1 heterocycles. The van der Waals surface area contributed by atoms with Crippen LogP contribution in [0.5, 0.6) is 0 Å². The summed E-state index contributed by atoms with van der Waals surface area (Å²) in [6.07, 6.45) is 1.30. The van der Waals surface area contributed by atoms with Gasteiger partial charge in [-0.3, -0.25) is 9.59 Å². The van der Waals surface area contributed by atoms with Gasteiger partial charge in [-0.05, 0) is 35.4 Å². The molecule has 0 atom stereocenters. The topological polar surface area (TPSA) is 40.6 Å². The number of carbonyl (C=O) groups excluding carboxylic acids is 2. The summed E-state index contributed by atoms with van der Waals surface area (Å²) in [5.74, 6) is 0.255.